The molecule has 0 aliphatic heterocycles. The molecule has 0 spiro atoms. The van der Waals surface area contributed by atoms with E-state index in [0.717, 1.165) is 16.5 Å². The van der Waals surface area contributed by atoms with E-state index in [1.54, 1.807) is 6.20 Å². The van der Waals surface area contributed by atoms with Crippen LogP contribution in [0.1, 0.15) is 12.0 Å². The van der Waals surface area contributed by atoms with E-state index in [-0.39, 0.29) is 6.42 Å². The summed E-state index contributed by atoms with van der Waals surface area (Å²) >= 11 is 0. The number of carbonyl (C=O) groups excluding carboxylic acids is 1. The Bertz CT molecular complexity index is 622. The second-order valence-corrected chi connectivity index (χ2v) is 4.72. The molecular weight excluding hydrogens is 285 g/mol. The minimum atomic E-state index is -4.72. The van der Waals surface area contributed by atoms with Gasteiger partial charge in [-0.05, 0) is 18.1 Å². The molecule has 1 atom stereocenters. The van der Waals surface area contributed by atoms with Crippen LogP contribution in [-0.4, -0.2) is 34.8 Å². The van der Waals surface area contributed by atoms with Crippen LogP contribution in [0.5, 0.6) is 0 Å². The molecule has 7 heteroatoms. The molecule has 1 heterocycles. The minimum absolute atomic E-state index is 0.0619. The van der Waals surface area contributed by atoms with Crippen molar-refractivity contribution in [3.05, 3.63) is 36.0 Å². The highest BCUT2D eigenvalue weighted by molar-refractivity contribution is 5.84. The third-order valence-electron chi connectivity index (χ3n) is 3.17. The number of benzene rings is 1. The molecule has 0 aliphatic rings. The van der Waals surface area contributed by atoms with Crippen LogP contribution in [0, 0.1) is 0 Å². The number of hydrogen-bond acceptors (Lipinski definition) is 2. The standard InChI is InChI=1S/C14H15F3N2O2/c15-14(16,17)12(20)8-19-13(21)6-5-9-7-18-11-4-2-1-3-10(9)11/h1-4,7,12,18,20H,5-6,8H2,(H,19,21). The van der Waals surface area contributed by atoms with Gasteiger partial charge in [-0.3, -0.25) is 4.79 Å². The number of hydrogen-bond donors (Lipinski definition) is 3. The Morgan fingerprint density at radius 3 is 2.76 bits per heavy atom. The SMILES string of the molecule is O=C(CCc1c[nH]c2ccccc12)NCC(O)C(F)(F)F. The number of fused-ring (bicyclic) bond motifs is 1. The van der Waals surface area contributed by atoms with Crippen LogP contribution >= 0.6 is 0 Å². The number of aliphatic hydroxyl groups is 1. The van der Waals surface area contributed by atoms with Crippen molar-refractivity contribution < 1.29 is 23.1 Å². The van der Waals surface area contributed by atoms with Crippen LogP contribution in [0.25, 0.3) is 10.9 Å². The number of aryl methyl sites for hydroxylation is 1. The number of halogens is 3. The zero-order valence-corrected chi connectivity index (χ0v) is 11.1. The third-order valence-corrected chi connectivity index (χ3v) is 3.17. The maximum Gasteiger partial charge on any atom is 0.416 e. The lowest BCUT2D eigenvalue weighted by Crippen LogP contribution is -2.40. The monoisotopic (exact) mass is 300 g/mol. The summed E-state index contributed by atoms with van der Waals surface area (Å²) in [5.41, 5.74) is 1.87. The van der Waals surface area contributed by atoms with E-state index in [1.807, 2.05) is 24.3 Å². The van der Waals surface area contributed by atoms with E-state index in [0.29, 0.717) is 6.42 Å². The van der Waals surface area contributed by atoms with Gasteiger partial charge in [-0.15, -0.1) is 0 Å². The zero-order chi connectivity index (χ0) is 15.5. The first-order valence-electron chi connectivity index (χ1n) is 6.44. The Kier molecular flexibility index (Phi) is 4.52. The summed E-state index contributed by atoms with van der Waals surface area (Å²) in [4.78, 5) is 14.6. The van der Waals surface area contributed by atoms with E-state index in [2.05, 4.69) is 10.3 Å². The first-order valence-corrected chi connectivity index (χ1v) is 6.44. The van der Waals surface area contributed by atoms with Gasteiger partial charge in [0.05, 0.1) is 6.54 Å². The van der Waals surface area contributed by atoms with Crippen molar-refractivity contribution in [2.45, 2.75) is 25.1 Å². The lowest BCUT2D eigenvalue weighted by atomic mass is 10.1. The molecule has 1 aromatic heterocycles. The fraction of sp³-hybridized carbons (Fsp3) is 0.357. The zero-order valence-electron chi connectivity index (χ0n) is 11.1. The maximum absolute atomic E-state index is 12.1. The van der Waals surface area contributed by atoms with Gasteiger partial charge < -0.3 is 15.4 Å². The van der Waals surface area contributed by atoms with Crippen LogP contribution in [0.2, 0.25) is 0 Å². The average molecular weight is 300 g/mol. The van der Waals surface area contributed by atoms with Crippen molar-refractivity contribution in [2.75, 3.05) is 6.54 Å². The number of rotatable bonds is 5. The lowest BCUT2D eigenvalue weighted by Gasteiger charge is -2.14. The summed E-state index contributed by atoms with van der Waals surface area (Å²) in [6.07, 6.45) is -4.99. The molecule has 3 N–H and O–H groups in total. The Morgan fingerprint density at radius 1 is 1.33 bits per heavy atom. The summed E-state index contributed by atoms with van der Waals surface area (Å²) in [5.74, 6) is -0.524. The molecule has 0 bridgehead atoms. The molecule has 114 valence electrons. The molecule has 0 fully saturated rings. The van der Waals surface area contributed by atoms with Crippen molar-refractivity contribution in [1.82, 2.24) is 10.3 Å². The Morgan fingerprint density at radius 2 is 2.05 bits per heavy atom. The predicted molar refractivity (Wildman–Crippen MR) is 71.7 cm³/mol. The van der Waals surface area contributed by atoms with Crippen molar-refractivity contribution >= 4 is 16.8 Å². The van der Waals surface area contributed by atoms with Gasteiger partial charge in [-0.1, -0.05) is 18.2 Å². The van der Waals surface area contributed by atoms with Crippen molar-refractivity contribution in [2.24, 2.45) is 0 Å². The first kappa shape index (κ1) is 15.4. The Hall–Kier alpha value is -2.02. The van der Waals surface area contributed by atoms with Crippen LogP contribution < -0.4 is 5.32 Å². The Balaban J connectivity index is 1.84. The molecular formula is C14H15F3N2O2. The molecule has 4 nitrogen and oxygen atoms in total. The molecule has 1 unspecified atom stereocenters. The van der Waals surface area contributed by atoms with E-state index in [9.17, 15) is 18.0 Å². The average Bonchev–Trinajstić information content (AvgIpc) is 2.84. The molecule has 0 aliphatic carbocycles. The van der Waals surface area contributed by atoms with Crippen molar-refractivity contribution in [3.8, 4) is 0 Å². The highest BCUT2D eigenvalue weighted by Crippen LogP contribution is 2.20. The normalized spacial score (nSPS) is 13.3. The van der Waals surface area contributed by atoms with Gasteiger partial charge in [0.25, 0.3) is 0 Å². The lowest BCUT2D eigenvalue weighted by molar-refractivity contribution is -0.201. The Labute approximate surface area is 119 Å². The predicted octanol–water partition coefficient (Wildman–Crippen LogP) is 2.14. The van der Waals surface area contributed by atoms with Crippen LogP contribution in [0.4, 0.5) is 13.2 Å². The molecule has 0 radical (unpaired) electrons. The van der Waals surface area contributed by atoms with Gasteiger partial charge in [0.15, 0.2) is 6.10 Å². The summed E-state index contributed by atoms with van der Waals surface area (Å²) in [7, 11) is 0. The van der Waals surface area contributed by atoms with E-state index >= 15 is 0 Å². The molecule has 21 heavy (non-hydrogen) atoms. The number of aromatic amines is 1. The van der Waals surface area contributed by atoms with E-state index < -0.39 is 24.7 Å². The van der Waals surface area contributed by atoms with E-state index in [1.165, 1.54) is 0 Å². The minimum Gasteiger partial charge on any atom is -0.382 e. The number of nitrogens with one attached hydrogen (secondary N) is 2. The van der Waals surface area contributed by atoms with Crippen molar-refractivity contribution in [1.29, 1.82) is 0 Å². The number of amides is 1. The molecule has 1 amide bonds. The number of carbonyl (C=O) groups is 1. The maximum atomic E-state index is 12.1. The second kappa shape index (κ2) is 6.17. The molecule has 0 saturated carbocycles. The van der Waals surface area contributed by atoms with Gasteiger partial charge in [0.2, 0.25) is 5.91 Å². The van der Waals surface area contributed by atoms with E-state index in [4.69, 9.17) is 5.11 Å². The molecule has 0 saturated heterocycles. The molecule has 2 aromatic rings. The van der Waals surface area contributed by atoms with Gasteiger partial charge in [0.1, 0.15) is 0 Å². The number of alkyl halides is 3. The third kappa shape index (κ3) is 3.98. The fourth-order valence-corrected chi connectivity index (χ4v) is 2.00. The van der Waals surface area contributed by atoms with Crippen LogP contribution in [0.15, 0.2) is 30.5 Å². The first-order chi connectivity index (χ1) is 9.88. The largest absolute Gasteiger partial charge is 0.416 e. The van der Waals surface area contributed by atoms with Crippen molar-refractivity contribution in [3.63, 3.8) is 0 Å². The number of aromatic nitrogens is 1. The number of aliphatic hydroxyl groups excluding tert-OH is 1. The van der Waals surface area contributed by atoms with Crippen LogP contribution in [0.3, 0.4) is 0 Å². The summed E-state index contributed by atoms with van der Waals surface area (Å²) in [5, 5.41) is 11.9. The fourth-order valence-electron chi connectivity index (χ4n) is 2.00. The van der Waals surface area contributed by atoms with Gasteiger partial charge in [-0.25, -0.2) is 0 Å². The number of para-hydroxylation sites is 1. The topological polar surface area (TPSA) is 65.1 Å². The van der Waals surface area contributed by atoms with Crippen LogP contribution in [-0.2, 0) is 11.2 Å². The summed E-state index contributed by atoms with van der Waals surface area (Å²) in [6, 6.07) is 7.57. The smallest absolute Gasteiger partial charge is 0.382 e. The van der Waals surface area contributed by atoms with Gasteiger partial charge in [0, 0.05) is 23.5 Å². The number of H-pyrrole nitrogens is 1. The summed E-state index contributed by atoms with van der Waals surface area (Å²) in [6.45, 7) is -0.823. The second-order valence-electron chi connectivity index (χ2n) is 4.72. The highest BCUT2D eigenvalue weighted by Gasteiger charge is 2.38. The molecule has 2 rings (SSSR count). The quantitative estimate of drug-likeness (QED) is 0.792. The molecule has 1 aromatic carbocycles. The van der Waals surface area contributed by atoms with Gasteiger partial charge >= 0.3 is 6.18 Å². The highest BCUT2D eigenvalue weighted by atomic mass is 19.4. The van der Waals surface area contributed by atoms with Gasteiger partial charge in [-0.2, -0.15) is 13.2 Å². The summed E-state index contributed by atoms with van der Waals surface area (Å²) < 4.78 is 36.2.